The van der Waals surface area contributed by atoms with E-state index < -0.39 is 11.6 Å². The Labute approximate surface area is 113 Å². The minimum absolute atomic E-state index is 0.172. The molecule has 3 rings (SSSR count). The van der Waals surface area contributed by atoms with E-state index in [0.29, 0.717) is 18.2 Å². The van der Waals surface area contributed by atoms with Gasteiger partial charge < -0.3 is 4.90 Å². The van der Waals surface area contributed by atoms with Crippen molar-refractivity contribution in [2.75, 3.05) is 31.1 Å². The van der Waals surface area contributed by atoms with Crippen LogP contribution in [0.2, 0.25) is 0 Å². The van der Waals surface area contributed by atoms with E-state index in [1.54, 1.807) is 6.92 Å². The van der Waals surface area contributed by atoms with Gasteiger partial charge in [0.1, 0.15) is 11.5 Å². The van der Waals surface area contributed by atoms with E-state index in [0.717, 1.165) is 26.1 Å². The van der Waals surface area contributed by atoms with Crippen LogP contribution in [0.5, 0.6) is 0 Å². The lowest BCUT2D eigenvalue weighted by Gasteiger charge is -2.45. The van der Waals surface area contributed by atoms with Crippen LogP contribution in [0.25, 0.3) is 0 Å². The van der Waals surface area contributed by atoms with E-state index in [2.05, 4.69) is 4.90 Å². The molecule has 2 heterocycles. The highest BCUT2D eigenvalue weighted by Gasteiger charge is 2.31. The number of aryl methyl sites for hydroxylation is 1. The second kappa shape index (κ2) is 5.08. The largest absolute Gasteiger partial charge is 0.364 e. The van der Waals surface area contributed by atoms with Crippen molar-refractivity contribution in [1.82, 2.24) is 4.90 Å². The fourth-order valence-corrected chi connectivity index (χ4v) is 3.29. The van der Waals surface area contributed by atoms with Gasteiger partial charge in [-0.3, -0.25) is 4.90 Å². The first-order valence-electron chi connectivity index (χ1n) is 7.10. The lowest BCUT2D eigenvalue weighted by molar-refractivity contribution is 0.133. The highest BCUT2D eigenvalue weighted by Crippen LogP contribution is 2.30. The number of hydrogen-bond donors (Lipinski definition) is 0. The molecule has 1 aromatic carbocycles. The van der Waals surface area contributed by atoms with Crippen molar-refractivity contribution in [2.24, 2.45) is 0 Å². The smallest absolute Gasteiger partial charge is 0.152 e. The van der Waals surface area contributed by atoms with Gasteiger partial charge in [0, 0.05) is 25.7 Å². The van der Waals surface area contributed by atoms with Gasteiger partial charge in [0.05, 0.1) is 0 Å². The first kappa shape index (κ1) is 12.9. The fraction of sp³-hybridized carbons (Fsp3) is 0.600. The molecule has 0 aromatic heterocycles. The van der Waals surface area contributed by atoms with Crippen molar-refractivity contribution in [3.63, 3.8) is 0 Å². The summed E-state index contributed by atoms with van der Waals surface area (Å²) in [5.41, 5.74) is 0.688. The minimum atomic E-state index is -0.438. The number of halogens is 2. The molecule has 2 saturated heterocycles. The summed E-state index contributed by atoms with van der Waals surface area (Å²) >= 11 is 0. The van der Waals surface area contributed by atoms with Gasteiger partial charge in [-0.2, -0.15) is 0 Å². The number of hydrogen-bond acceptors (Lipinski definition) is 2. The number of fused-ring (bicyclic) bond motifs is 1. The predicted molar refractivity (Wildman–Crippen MR) is 72.5 cm³/mol. The predicted octanol–water partition coefficient (Wildman–Crippen LogP) is 2.95. The van der Waals surface area contributed by atoms with Crippen molar-refractivity contribution in [3.8, 4) is 0 Å². The minimum Gasteiger partial charge on any atom is -0.364 e. The molecular formula is C15H20F2N2. The molecule has 4 heteroatoms. The quantitative estimate of drug-likeness (QED) is 0.771. The number of piperidine rings is 1. The van der Waals surface area contributed by atoms with Gasteiger partial charge in [0.15, 0.2) is 5.82 Å². The molecule has 19 heavy (non-hydrogen) atoms. The second-order valence-electron chi connectivity index (χ2n) is 5.66. The van der Waals surface area contributed by atoms with Gasteiger partial charge in [0.25, 0.3) is 0 Å². The van der Waals surface area contributed by atoms with E-state index in [1.165, 1.54) is 25.0 Å². The molecule has 0 saturated carbocycles. The van der Waals surface area contributed by atoms with Gasteiger partial charge >= 0.3 is 0 Å². The molecule has 2 aliphatic rings. The Bertz CT molecular complexity index is 475. The van der Waals surface area contributed by atoms with Gasteiger partial charge in [0.2, 0.25) is 0 Å². The van der Waals surface area contributed by atoms with Crippen LogP contribution in [0.15, 0.2) is 12.1 Å². The van der Waals surface area contributed by atoms with Crippen molar-refractivity contribution >= 4 is 5.69 Å². The maximum absolute atomic E-state index is 14.2. The van der Waals surface area contributed by atoms with Crippen LogP contribution in [0.4, 0.5) is 14.5 Å². The van der Waals surface area contributed by atoms with Crippen LogP contribution in [-0.2, 0) is 0 Å². The molecule has 1 unspecified atom stereocenters. The fourth-order valence-electron chi connectivity index (χ4n) is 3.29. The summed E-state index contributed by atoms with van der Waals surface area (Å²) in [5, 5.41) is 0. The summed E-state index contributed by atoms with van der Waals surface area (Å²) in [6, 6.07) is 3.34. The normalized spacial score (nSPS) is 24.4. The molecule has 0 bridgehead atoms. The Hall–Kier alpha value is -1.16. The molecule has 0 N–H and O–H groups in total. The summed E-state index contributed by atoms with van der Waals surface area (Å²) in [5.74, 6) is -0.836. The maximum atomic E-state index is 14.2. The van der Waals surface area contributed by atoms with Crippen molar-refractivity contribution in [3.05, 3.63) is 29.3 Å². The third-order valence-corrected chi connectivity index (χ3v) is 4.41. The van der Waals surface area contributed by atoms with Gasteiger partial charge in [-0.15, -0.1) is 0 Å². The number of benzene rings is 1. The Morgan fingerprint density at radius 1 is 1.11 bits per heavy atom. The van der Waals surface area contributed by atoms with Gasteiger partial charge in [-0.1, -0.05) is 12.5 Å². The van der Waals surface area contributed by atoms with Crippen LogP contribution in [0.3, 0.4) is 0 Å². The van der Waals surface area contributed by atoms with E-state index in [4.69, 9.17) is 0 Å². The average molecular weight is 266 g/mol. The van der Waals surface area contributed by atoms with Crippen molar-refractivity contribution in [2.45, 2.75) is 32.2 Å². The summed E-state index contributed by atoms with van der Waals surface area (Å²) in [7, 11) is 0. The molecule has 1 aromatic rings. The molecule has 2 nitrogen and oxygen atoms in total. The molecule has 0 amide bonds. The van der Waals surface area contributed by atoms with E-state index in [-0.39, 0.29) is 5.69 Å². The topological polar surface area (TPSA) is 6.48 Å². The first-order chi connectivity index (χ1) is 9.16. The number of anilines is 1. The van der Waals surface area contributed by atoms with E-state index >= 15 is 0 Å². The molecule has 2 fully saturated rings. The number of piperazine rings is 1. The molecule has 1 atom stereocenters. The lowest BCUT2D eigenvalue weighted by Crippen LogP contribution is -2.55. The van der Waals surface area contributed by atoms with E-state index in [1.807, 2.05) is 4.90 Å². The highest BCUT2D eigenvalue weighted by atomic mass is 19.1. The molecular weight excluding hydrogens is 246 g/mol. The Balaban J connectivity index is 1.85. The van der Waals surface area contributed by atoms with Crippen LogP contribution in [-0.4, -0.2) is 37.1 Å². The molecule has 2 aliphatic heterocycles. The maximum Gasteiger partial charge on any atom is 0.152 e. The zero-order valence-corrected chi connectivity index (χ0v) is 11.3. The van der Waals surface area contributed by atoms with Crippen molar-refractivity contribution in [1.29, 1.82) is 0 Å². The molecule has 0 aliphatic carbocycles. The van der Waals surface area contributed by atoms with Crippen LogP contribution in [0, 0.1) is 18.6 Å². The Morgan fingerprint density at radius 3 is 2.79 bits per heavy atom. The van der Waals surface area contributed by atoms with E-state index in [9.17, 15) is 8.78 Å². The van der Waals surface area contributed by atoms with Crippen LogP contribution in [0.1, 0.15) is 24.8 Å². The van der Waals surface area contributed by atoms with Crippen LogP contribution < -0.4 is 4.90 Å². The standard InChI is InChI=1S/C15H20F2N2/c1-11-5-6-13(16)15(14(11)17)19-9-8-18-7-3-2-4-12(18)10-19/h5-6,12H,2-4,7-10H2,1H3. The summed E-state index contributed by atoms with van der Waals surface area (Å²) < 4.78 is 28.1. The van der Waals surface area contributed by atoms with Gasteiger partial charge in [-0.25, -0.2) is 8.78 Å². The molecule has 104 valence electrons. The zero-order chi connectivity index (χ0) is 13.4. The molecule has 0 spiro atoms. The monoisotopic (exact) mass is 266 g/mol. The number of nitrogens with zero attached hydrogens (tertiary/aromatic N) is 2. The molecule has 0 radical (unpaired) electrons. The van der Waals surface area contributed by atoms with Crippen molar-refractivity contribution < 1.29 is 8.78 Å². The second-order valence-corrected chi connectivity index (χ2v) is 5.66. The third-order valence-electron chi connectivity index (χ3n) is 4.41. The van der Waals surface area contributed by atoms with Gasteiger partial charge in [-0.05, 0) is 37.9 Å². The summed E-state index contributed by atoms with van der Waals surface area (Å²) in [6.45, 7) is 5.20. The first-order valence-corrected chi connectivity index (χ1v) is 7.10. The highest BCUT2D eigenvalue weighted by molar-refractivity contribution is 5.52. The summed E-state index contributed by atoms with van der Waals surface area (Å²) in [6.07, 6.45) is 3.63. The number of rotatable bonds is 1. The Morgan fingerprint density at radius 2 is 1.95 bits per heavy atom. The summed E-state index contributed by atoms with van der Waals surface area (Å²) in [4.78, 5) is 4.36. The lowest BCUT2D eigenvalue weighted by atomic mass is 9.99. The Kier molecular flexibility index (Phi) is 3.44. The zero-order valence-electron chi connectivity index (χ0n) is 11.3. The SMILES string of the molecule is Cc1ccc(F)c(N2CCN3CCCCC3C2)c1F. The third kappa shape index (κ3) is 2.34. The van der Waals surface area contributed by atoms with Crippen LogP contribution >= 0.6 is 0 Å². The average Bonchev–Trinajstić information content (AvgIpc) is 2.43.